The third-order valence-corrected chi connectivity index (χ3v) is 3.43. The molecule has 0 saturated heterocycles. The summed E-state index contributed by atoms with van der Waals surface area (Å²) in [5.74, 6) is -0.560. The van der Waals surface area contributed by atoms with Gasteiger partial charge in [0.2, 0.25) is 0 Å². The average Bonchev–Trinajstić information content (AvgIpc) is 2.52. The van der Waals surface area contributed by atoms with E-state index in [4.69, 9.17) is 0 Å². The maximum Gasteiger partial charge on any atom is 0.273 e. The first-order valence-electron chi connectivity index (χ1n) is 6.41. The Morgan fingerprint density at radius 1 is 1.19 bits per heavy atom. The molecule has 2 aromatic rings. The molecule has 4 nitrogen and oxygen atoms in total. The first-order chi connectivity index (χ1) is 10.1. The Morgan fingerprint density at radius 3 is 2.57 bits per heavy atom. The number of hydrogen-bond donors (Lipinski definition) is 2. The summed E-state index contributed by atoms with van der Waals surface area (Å²) in [6.45, 7) is 1.79. The Morgan fingerprint density at radius 2 is 1.90 bits per heavy atom. The van der Waals surface area contributed by atoms with Gasteiger partial charge in [0.1, 0.15) is 0 Å². The van der Waals surface area contributed by atoms with Crippen molar-refractivity contribution >= 4 is 27.5 Å². The topological polar surface area (TPSA) is 61.7 Å². The Balaban J connectivity index is 2.05. The molecule has 0 radical (unpaired) electrons. The molecule has 0 saturated carbocycles. The van der Waals surface area contributed by atoms with E-state index < -0.39 is 12.0 Å². The van der Waals surface area contributed by atoms with Gasteiger partial charge in [0.15, 0.2) is 6.10 Å². The second kappa shape index (κ2) is 7.15. The van der Waals surface area contributed by atoms with Crippen LogP contribution in [0.1, 0.15) is 24.2 Å². The molecule has 21 heavy (non-hydrogen) atoms. The van der Waals surface area contributed by atoms with E-state index in [0.29, 0.717) is 11.3 Å². The molecule has 0 aliphatic rings. The number of nitrogens with one attached hydrogen (secondary N) is 1. The molecule has 0 unspecified atom stereocenters. The van der Waals surface area contributed by atoms with Crippen LogP contribution in [-0.4, -0.2) is 16.7 Å². The minimum Gasteiger partial charge on any atom is -0.378 e. The number of halogens is 1. The predicted molar refractivity (Wildman–Crippen MR) is 85.9 cm³/mol. The standard InChI is InChI=1S/C16H15BrN2O2/c1-11(13-8-5-9-14(17)10-13)18-19-16(21)15(20)12-6-3-2-4-7-12/h2-10,15,20H,1H3,(H,19,21)/t15-/m1/s1. The van der Waals surface area contributed by atoms with Crippen LogP contribution in [0.2, 0.25) is 0 Å². The smallest absolute Gasteiger partial charge is 0.273 e. The molecule has 2 rings (SSSR count). The summed E-state index contributed by atoms with van der Waals surface area (Å²) in [5.41, 5.74) is 4.46. The van der Waals surface area contributed by atoms with Gasteiger partial charge in [0.25, 0.3) is 5.91 Å². The number of hydrogen-bond acceptors (Lipinski definition) is 3. The Hall–Kier alpha value is -1.98. The summed E-state index contributed by atoms with van der Waals surface area (Å²) < 4.78 is 0.935. The van der Waals surface area contributed by atoms with Crippen LogP contribution in [0.5, 0.6) is 0 Å². The zero-order valence-electron chi connectivity index (χ0n) is 11.5. The van der Waals surface area contributed by atoms with Crippen molar-refractivity contribution in [2.75, 3.05) is 0 Å². The van der Waals surface area contributed by atoms with Crippen molar-refractivity contribution in [3.05, 3.63) is 70.2 Å². The SMILES string of the molecule is CC(=NNC(=O)[C@H](O)c1ccccc1)c1cccc(Br)c1. The van der Waals surface area contributed by atoms with Gasteiger partial charge in [-0.2, -0.15) is 5.10 Å². The zero-order valence-corrected chi connectivity index (χ0v) is 13.0. The summed E-state index contributed by atoms with van der Waals surface area (Å²) >= 11 is 3.38. The van der Waals surface area contributed by atoms with Gasteiger partial charge in [-0.3, -0.25) is 4.79 Å². The van der Waals surface area contributed by atoms with Crippen molar-refractivity contribution in [1.82, 2.24) is 5.43 Å². The molecule has 0 aliphatic carbocycles. The Kier molecular flexibility index (Phi) is 5.25. The van der Waals surface area contributed by atoms with Crippen molar-refractivity contribution < 1.29 is 9.90 Å². The predicted octanol–water partition coefficient (Wildman–Crippen LogP) is 3.02. The number of carbonyl (C=O) groups is 1. The van der Waals surface area contributed by atoms with Gasteiger partial charge in [-0.1, -0.05) is 58.4 Å². The molecular formula is C16H15BrN2O2. The van der Waals surface area contributed by atoms with Crippen LogP contribution < -0.4 is 5.43 Å². The van der Waals surface area contributed by atoms with Crippen LogP contribution >= 0.6 is 15.9 Å². The van der Waals surface area contributed by atoms with E-state index in [1.165, 1.54) is 0 Å². The molecule has 0 aromatic heterocycles. The molecule has 0 bridgehead atoms. The number of nitrogens with zero attached hydrogens (tertiary/aromatic N) is 1. The molecule has 1 atom stereocenters. The highest BCUT2D eigenvalue weighted by atomic mass is 79.9. The highest BCUT2D eigenvalue weighted by Crippen LogP contribution is 2.13. The molecule has 2 aromatic carbocycles. The molecule has 5 heteroatoms. The van der Waals surface area contributed by atoms with Gasteiger partial charge >= 0.3 is 0 Å². The fourth-order valence-corrected chi connectivity index (χ4v) is 2.16. The van der Waals surface area contributed by atoms with Crippen LogP contribution in [0.3, 0.4) is 0 Å². The number of aliphatic hydroxyl groups is 1. The van der Waals surface area contributed by atoms with E-state index in [-0.39, 0.29) is 0 Å². The third-order valence-electron chi connectivity index (χ3n) is 2.94. The highest BCUT2D eigenvalue weighted by Gasteiger charge is 2.16. The van der Waals surface area contributed by atoms with Gasteiger partial charge in [-0.25, -0.2) is 5.43 Å². The van der Waals surface area contributed by atoms with Gasteiger partial charge < -0.3 is 5.11 Å². The Labute approximate surface area is 131 Å². The first kappa shape index (κ1) is 15.4. The van der Waals surface area contributed by atoms with Gasteiger partial charge in [-0.15, -0.1) is 0 Å². The molecule has 2 N–H and O–H groups in total. The molecular weight excluding hydrogens is 332 g/mol. The average molecular weight is 347 g/mol. The lowest BCUT2D eigenvalue weighted by molar-refractivity contribution is -0.129. The zero-order chi connectivity index (χ0) is 15.2. The lowest BCUT2D eigenvalue weighted by Crippen LogP contribution is -2.26. The van der Waals surface area contributed by atoms with Crippen LogP contribution in [0, 0.1) is 0 Å². The van der Waals surface area contributed by atoms with Crippen LogP contribution in [0.15, 0.2) is 64.2 Å². The molecule has 1 amide bonds. The molecule has 0 fully saturated rings. The summed E-state index contributed by atoms with van der Waals surface area (Å²) in [7, 11) is 0. The largest absolute Gasteiger partial charge is 0.378 e. The molecule has 0 heterocycles. The van der Waals surface area contributed by atoms with Crippen molar-refractivity contribution in [3.8, 4) is 0 Å². The van der Waals surface area contributed by atoms with Gasteiger partial charge in [-0.05, 0) is 30.2 Å². The van der Waals surface area contributed by atoms with Crippen molar-refractivity contribution in [1.29, 1.82) is 0 Å². The lowest BCUT2D eigenvalue weighted by atomic mass is 10.1. The van der Waals surface area contributed by atoms with E-state index in [1.807, 2.05) is 30.3 Å². The van der Waals surface area contributed by atoms with E-state index in [1.54, 1.807) is 31.2 Å². The number of benzene rings is 2. The van der Waals surface area contributed by atoms with E-state index in [2.05, 4.69) is 26.5 Å². The van der Waals surface area contributed by atoms with Crippen molar-refractivity contribution in [2.45, 2.75) is 13.0 Å². The van der Waals surface area contributed by atoms with Crippen molar-refractivity contribution in [2.24, 2.45) is 5.10 Å². The summed E-state index contributed by atoms with van der Waals surface area (Å²) in [4.78, 5) is 11.9. The minimum atomic E-state index is -1.23. The third kappa shape index (κ3) is 4.24. The quantitative estimate of drug-likeness (QED) is 0.660. The lowest BCUT2D eigenvalue weighted by Gasteiger charge is -2.09. The number of amides is 1. The fraction of sp³-hybridized carbons (Fsp3) is 0.125. The molecule has 0 spiro atoms. The van der Waals surface area contributed by atoms with E-state index in [0.717, 1.165) is 10.0 Å². The van der Waals surface area contributed by atoms with Crippen LogP contribution in [-0.2, 0) is 4.79 Å². The Bertz CT molecular complexity index is 656. The minimum absolute atomic E-state index is 0.533. The van der Waals surface area contributed by atoms with Crippen LogP contribution in [0.4, 0.5) is 0 Å². The monoisotopic (exact) mass is 346 g/mol. The number of hydrazone groups is 1. The second-order valence-electron chi connectivity index (χ2n) is 4.50. The maximum atomic E-state index is 11.9. The molecule has 0 aliphatic heterocycles. The second-order valence-corrected chi connectivity index (χ2v) is 5.41. The maximum absolute atomic E-state index is 11.9. The first-order valence-corrected chi connectivity index (χ1v) is 7.20. The van der Waals surface area contributed by atoms with Crippen molar-refractivity contribution in [3.63, 3.8) is 0 Å². The normalized spacial score (nSPS) is 12.8. The summed E-state index contributed by atoms with van der Waals surface area (Å²) in [6.07, 6.45) is -1.23. The number of carbonyl (C=O) groups excluding carboxylic acids is 1. The number of rotatable bonds is 4. The highest BCUT2D eigenvalue weighted by molar-refractivity contribution is 9.10. The van der Waals surface area contributed by atoms with Gasteiger partial charge in [0, 0.05) is 4.47 Å². The summed E-state index contributed by atoms with van der Waals surface area (Å²) in [5, 5.41) is 13.9. The summed E-state index contributed by atoms with van der Waals surface area (Å²) in [6, 6.07) is 16.3. The van der Waals surface area contributed by atoms with E-state index >= 15 is 0 Å². The van der Waals surface area contributed by atoms with Crippen LogP contribution in [0.25, 0.3) is 0 Å². The van der Waals surface area contributed by atoms with Gasteiger partial charge in [0.05, 0.1) is 5.71 Å². The number of aliphatic hydroxyl groups excluding tert-OH is 1. The fourth-order valence-electron chi connectivity index (χ4n) is 1.76. The van der Waals surface area contributed by atoms with E-state index in [9.17, 15) is 9.90 Å². The molecule has 108 valence electrons.